The van der Waals surface area contributed by atoms with Gasteiger partial charge in [0.25, 0.3) is 0 Å². The molecule has 0 aliphatic heterocycles. The monoisotopic (exact) mass is 370 g/mol. The SMILES string of the molecule is CN(CCCC1CCCCC1)C1CCC(c2ccc3[nH]c(=O)oc3c2)CC1. The molecule has 0 unspecified atom stereocenters. The lowest BCUT2D eigenvalue weighted by Gasteiger charge is -2.35. The van der Waals surface area contributed by atoms with Crippen molar-refractivity contribution in [2.24, 2.45) is 5.92 Å². The molecule has 2 fully saturated rings. The van der Waals surface area contributed by atoms with E-state index in [-0.39, 0.29) is 5.76 Å². The summed E-state index contributed by atoms with van der Waals surface area (Å²) in [5.74, 6) is 1.24. The van der Waals surface area contributed by atoms with Gasteiger partial charge >= 0.3 is 5.76 Å². The maximum absolute atomic E-state index is 11.4. The molecule has 1 N–H and O–H groups in total. The second-order valence-electron chi connectivity index (χ2n) is 8.90. The fraction of sp³-hybridized carbons (Fsp3) is 0.696. The van der Waals surface area contributed by atoms with Crippen LogP contribution in [0.25, 0.3) is 11.1 Å². The molecule has 148 valence electrons. The minimum atomic E-state index is -0.360. The Bertz CT molecular complexity index is 779. The lowest BCUT2D eigenvalue weighted by molar-refractivity contribution is 0.174. The van der Waals surface area contributed by atoms with Crippen LogP contribution in [0.15, 0.2) is 27.4 Å². The summed E-state index contributed by atoms with van der Waals surface area (Å²) < 4.78 is 5.23. The Balaban J connectivity index is 1.24. The lowest BCUT2D eigenvalue weighted by atomic mass is 9.81. The van der Waals surface area contributed by atoms with Gasteiger partial charge in [0.2, 0.25) is 0 Å². The Morgan fingerprint density at radius 3 is 2.63 bits per heavy atom. The quantitative estimate of drug-likeness (QED) is 0.736. The molecule has 0 bridgehead atoms. The fourth-order valence-corrected chi connectivity index (χ4v) is 5.35. The smallest absolute Gasteiger partial charge is 0.408 e. The Labute approximate surface area is 162 Å². The standard InChI is InChI=1S/C23H34N2O2/c1-25(15-5-8-17-6-3-2-4-7-17)20-12-9-18(10-13-20)19-11-14-21-22(16-19)27-23(26)24-21/h11,14,16-18,20H,2-10,12-13,15H2,1H3,(H,24,26). The first-order chi connectivity index (χ1) is 13.2. The highest BCUT2D eigenvalue weighted by Gasteiger charge is 2.25. The summed E-state index contributed by atoms with van der Waals surface area (Å²) in [7, 11) is 2.33. The molecule has 0 radical (unpaired) electrons. The van der Waals surface area contributed by atoms with Crippen LogP contribution in [0, 0.1) is 5.92 Å². The van der Waals surface area contributed by atoms with Crippen LogP contribution >= 0.6 is 0 Å². The molecule has 2 aliphatic carbocycles. The van der Waals surface area contributed by atoms with Crippen molar-refractivity contribution in [3.05, 3.63) is 34.3 Å². The largest absolute Gasteiger partial charge is 0.417 e. The number of oxazole rings is 1. The molecule has 0 amide bonds. The average molecular weight is 371 g/mol. The van der Waals surface area contributed by atoms with Crippen molar-refractivity contribution >= 4 is 11.1 Å². The van der Waals surface area contributed by atoms with Crippen LogP contribution in [0.5, 0.6) is 0 Å². The maximum Gasteiger partial charge on any atom is 0.417 e. The predicted molar refractivity (Wildman–Crippen MR) is 110 cm³/mol. The van der Waals surface area contributed by atoms with Crippen LogP contribution in [0.2, 0.25) is 0 Å². The van der Waals surface area contributed by atoms with Gasteiger partial charge in [-0.2, -0.15) is 0 Å². The zero-order valence-corrected chi connectivity index (χ0v) is 16.7. The molecule has 1 heterocycles. The first-order valence-corrected chi connectivity index (χ1v) is 11.0. The van der Waals surface area contributed by atoms with Gasteiger partial charge < -0.3 is 9.32 Å². The minimum absolute atomic E-state index is 0.360. The van der Waals surface area contributed by atoms with Gasteiger partial charge in [0, 0.05) is 6.04 Å². The molecule has 2 aliphatic rings. The lowest BCUT2D eigenvalue weighted by Crippen LogP contribution is -2.35. The Morgan fingerprint density at radius 1 is 1.07 bits per heavy atom. The van der Waals surface area contributed by atoms with E-state index in [9.17, 15) is 4.79 Å². The summed E-state index contributed by atoms with van der Waals surface area (Å²) in [6.45, 7) is 1.26. The summed E-state index contributed by atoms with van der Waals surface area (Å²) >= 11 is 0. The maximum atomic E-state index is 11.4. The number of nitrogens with one attached hydrogen (secondary N) is 1. The average Bonchev–Trinajstić information content (AvgIpc) is 3.08. The third-order valence-electron chi connectivity index (χ3n) is 7.08. The molecule has 4 rings (SSSR count). The zero-order valence-electron chi connectivity index (χ0n) is 16.7. The van der Waals surface area contributed by atoms with Crippen molar-refractivity contribution in [1.82, 2.24) is 9.88 Å². The predicted octanol–water partition coefficient (Wildman–Crippen LogP) is 5.44. The molecule has 1 aromatic carbocycles. The number of hydrogen-bond acceptors (Lipinski definition) is 3. The van der Waals surface area contributed by atoms with Crippen molar-refractivity contribution in [1.29, 1.82) is 0 Å². The van der Waals surface area contributed by atoms with Gasteiger partial charge in [-0.15, -0.1) is 0 Å². The van der Waals surface area contributed by atoms with Crippen LogP contribution in [-0.2, 0) is 0 Å². The molecule has 0 spiro atoms. The zero-order chi connectivity index (χ0) is 18.6. The summed E-state index contributed by atoms with van der Waals surface area (Å²) in [4.78, 5) is 16.7. The van der Waals surface area contributed by atoms with Crippen molar-refractivity contribution in [3.63, 3.8) is 0 Å². The van der Waals surface area contributed by atoms with E-state index < -0.39 is 0 Å². The second kappa shape index (κ2) is 8.64. The van der Waals surface area contributed by atoms with Gasteiger partial charge in [0.1, 0.15) is 0 Å². The van der Waals surface area contributed by atoms with Gasteiger partial charge in [-0.1, -0.05) is 38.2 Å². The number of benzene rings is 1. The van der Waals surface area contributed by atoms with Crippen molar-refractivity contribution in [3.8, 4) is 0 Å². The third kappa shape index (κ3) is 4.66. The molecular weight excluding hydrogens is 336 g/mol. The van der Waals surface area contributed by atoms with Crippen LogP contribution in [0.3, 0.4) is 0 Å². The number of fused-ring (bicyclic) bond motifs is 1. The summed E-state index contributed by atoms with van der Waals surface area (Å²) in [5, 5.41) is 0. The topological polar surface area (TPSA) is 49.2 Å². The van der Waals surface area contributed by atoms with E-state index >= 15 is 0 Å². The summed E-state index contributed by atoms with van der Waals surface area (Å²) in [6.07, 6.45) is 15.1. The fourth-order valence-electron chi connectivity index (χ4n) is 5.35. The van der Waals surface area contributed by atoms with Crippen molar-refractivity contribution in [2.45, 2.75) is 82.6 Å². The number of nitrogens with zero attached hydrogens (tertiary/aromatic N) is 1. The molecule has 1 aromatic heterocycles. The highest BCUT2D eigenvalue weighted by Crippen LogP contribution is 2.35. The number of aromatic nitrogens is 1. The molecular formula is C23H34N2O2. The Kier molecular flexibility index (Phi) is 6.01. The van der Waals surface area contributed by atoms with Gasteiger partial charge in [-0.3, -0.25) is 4.98 Å². The third-order valence-corrected chi connectivity index (χ3v) is 7.08. The first kappa shape index (κ1) is 18.8. The summed E-state index contributed by atoms with van der Waals surface area (Å²) in [5.41, 5.74) is 2.82. The molecule has 0 saturated heterocycles. The van der Waals surface area contributed by atoms with Gasteiger partial charge in [-0.05, 0) is 81.6 Å². The van der Waals surface area contributed by atoms with Crippen LogP contribution in [0.1, 0.15) is 82.1 Å². The molecule has 2 aromatic rings. The van der Waals surface area contributed by atoms with Crippen LogP contribution in [0.4, 0.5) is 0 Å². The van der Waals surface area contributed by atoms with E-state index in [0.717, 1.165) is 17.5 Å². The Morgan fingerprint density at radius 2 is 1.85 bits per heavy atom. The number of aromatic amines is 1. The van der Waals surface area contributed by atoms with Crippen molar-refractivity contribution < 1.29 is 4.42 Å². The molecule has 4 heteroatoms. The van der Waals surface area contributed by atoms with Crippen molar-refractivity contribution in [2.75, 3.05) is 13.6 Å². The van der Waals surface area contributed by atoms with E-state index in [1.54, 1.807) is 0 Å². The minimum Gasteiger partial charge on any atom is -0.408 e. The van der Waals surface area contributed by atoms with Gasteiger partial charge in [0.05, 0.1) is 5.52 Å². The Hall–Kier alpha value is -1.55. The highest BCUT2D eigenvalue weighted by atomic mass is 16.4. The normalized spacial score (nSPS) is 24.7. The number of H-pyrrole nitrogens is 1. The van der Waals surface area contributed by atoms with Crippen LogP contribution in [-0.4, -0.2) is 29.5 Å². The number of rotatable bonds is 6. The van der Waals surface area contributed by atoms with E-state index in [4.69, 9.17) is 4.42 Å². The first-order valence-electron chi connectivity index (χ1n) is 11.0. The highest BCUT2D eigenvalue weighted by molar-refractivity contribution is 5.72. The summed E-state index contributed by atoms with van der Waals surface area (Å²) in [6, 6.07) is 6.94. The second-order valence-corrected chi connectivity index (χ2v) is 8.90. The molecule has 4 nitrogen and oxygen atoms in total. The van der Waals surface area contributed by atoms with Gasteiger partial charge in [-0.25, -0.2) is 4.79 Å². The molecule has 0 atom stereocenters. The van der Waals surface area contributed by atoms with E-state index in [1.165, 1.54) is 82.7 Å². The van der Waals surface area contributed by atoms with E-state index in [2.05, 4.69) is 29.1 Å². The molecule has 27 heavy (non-hydrogen) atoms. The van der Waals surface area contributed by atoms with E-state index in [1.807, 2.05) is 6.07 Å². The van der Waals surface area contributed by atoms with E-state index in [0.29, 0.717) is 11.5 Å². The van der Waals surface area contributed by atoms with Gasteiger partial charge in [0.15, 0.2) is 5.58 Å². The van der Waals surface area contributed by atoms with Crippen LogP contribution < -0.4 is 5.76 Å². The molecule has 2 saturated carbocycles. The number of hydrogen-bond donors (Lipinski definition) is 1.